The number of aromatic nitrogens is 4. The third-order valence-corrected chi connectivity index (χ3v) is 6.09. The maximum atomic E-state index is 4.51. The minimum Gasteiger partial charge on any atom is -0.361 e. The molecule has 0 aromatic carbocycles. The Morgan fingerprint density at radius 1 is 1.17 bits per heavy atom. The first-order valence-electron chi connectivity index (χ1n) is 10.8. The van der Waals surface area contributed by atoms with E-state index in [9.17, 15) is 0 Å². The summed E-state index contributed by atoms with van der Waals surface area (Å²) in [6.07, 6.45) is 14.8. The number of nitrogens with zero attached hydrogens (tertiary/aromatic N) is 5. The van der Waals surface area contributed by atoms with Gasteiger partial charge in [0, 0.05) is 24.5 Å². The van der Waals surface area contributed by atoms with Crippen LogP contribution in [0.25, 0.3) is 0 Å². The fourth-order valence-electron chi connectivity index (χ4n) is 4.49. The summed E-state index contributed by atoms with van der Waals surface area (Å²) in [7, 11) is 0. The lowest BCUT2D eigenvalue weighted by Crippen LogP contribution is -2.42. The molecule has 0 radical (unpaired) electrons. The van der Waals surface area contributed by atoms with Crippen molar-refractivity contribution in [3.05, 3.63) is 77.5 Å². The average molecular weight is 405 g/mol. The maximum absolute atomic E-state index is 4.51. The van der Waals surface area contributed by atoms with Crippen LogP contribution in [-0.4, -0.2) is 38.2 Å². The average Bonchev–Trinajstić information content (AvgIpc) is 3.23. The quantitative estimate of drug-likeness (QED) is 0.792. The van der Waals surface area contributed by atoms with Crippen molar-refractivity contribution in [3.63, 3.8) is 0 Å². The molecule has 6 heteroatoms. The van der Waals surface area contributed by atoms with Crippen LogP contribution in [0.3, 0.4) is 0 Å². The summed E-state index contributed by atoms with van der Waals surface area (Å²) in [5, 5.41) is 16.7. The highest BCUT2D eigenvalue weighted by atomic mass is 15.6. The third-order valence-electron chi connectivity index (χ3n) is 6.09. The Labute approximate surface area is 179 Å². The van der Waals surface area contributed by atoms with E-state index in [0.717, 1.165) is 44.6 Å². The molecule has 30 heavy (non-hydrogen) atoms. The fraction of sp³-hybridized carbons (Fsp3) is 0.458. The van der Waals surface area contributed by atoms with Crippen LogP contribution in [0, 0.1) is 0 Å². The highest BCUT2D eigenvalue weighted by Crippen LogP contribution is 2.36. The van der Waals surface area contributed by atoms with Crippen molar-refractivity contribution >= 4 is 0 Å². The summed E-state index contributed by atoms with van der Waals surface area (Å²) in [5.41, 5.74) is 6.20. The molecule has 0 saturated carbocycles. The van der Waals surface area contributed by atoms with Crippen molar-refractivity contribution in [2.24, 2.45) is 0 Å². The molecule has 0 amide bonds. The molecular weight excluding hydrogens is 372 g/mol. The first-order valence-corrected chi connectivity index (χ1v) is 10.8. The first-order chi connectivity index (χ1) is 14.4. The van der Waals surface area contributed by atoms with E-state index in [1.54, 1.807) is 0 Å². The monoisotopic (exact) mass is 404 g/mol. The Bertz CT molecular complexity index is 966. The predicted octanol–water partition coefficient (Wildman–Crippen LogP) is 4.32. The van der Waals surface area contributed by atoms with Gasteiger partial charge in [0.1, 0.15) is 6.04 Å². The smallest absolute Gasteiger partial charge is 0.175 e. The zero-order chi connectivity index (χ0) is 21.3. The van der Waals surface area contributed by atoms with Gasteiger partial charge in [0.25, 0.3) is 0 Å². The van der Waals surface area contributed by atoms with Gasteiger partial charge in [-0.2, -0.15) is 0 Å². The Morgan fingerprint density at radius 2 is 1.97 bits per heavy atom. The summed E-state index contributed by atoms with van der Waals surface area (Å²) in [5.74, 6) is 0.877. The summed E-state index contributed by atoms with van der Waals surface area (Å²) in [6.45, 7) is 16.2. The Hall–Kier alpha value is -2.73. The topological polar surface area (TPSA) is 58.9 Å². The molecule has 0 fully saturated rings. The molecule has 0 bridgehead atoms. The molecule has 0 saturated heterocycles. The van der Waals surface area contributed by atoms with Crippen LogP contribution in [0.1, 0.15) is 58.3 Å². The van der Waals surface area contributed by atoms with E-state index < -0.39 is 0 Å². The lowest BCUT2D eigenvalue weighted by atomic mass is 9.93. The molecule has 6 nitrogen and oxygen atoms in total. The zero-order valence-electron chi connectivity index (χ0n) is 18.4. The fourth-order valence-corrected chi connectivity index (χ4v) is 4.49. The van der Waals surface area contributed by atoms with Crippen LogP contribution in [0.2, 0.25) is 0 Å². The summed E-state index contributed by atoms with van der Waals surface area (Å²) >= 11 is 0. The van der Waals surface area contributed by atoms with Gasteiger partial charge in [-0.1, -0.05) is 43.5 Å². The van der Waals surface area contributed by atoms with E-state index in [1.165, 1.54) is 28.1 Å². The Morgan fingerprint density at radius 3 is 2.70 bits per heavy atom. The number of allylic oxidation sites excluding steroid dienone is 6. The molecule has 3 aliphatic rings. The lowest BCUT2D eigenvalue weighted by Gasteiger charge is -2.39. The molecule has 4 rings (SSSR count). The minimum atomic E-state index is -0.205. The van der Waals surface area contributed by atoms with Crippen LogP contribution >= 0.6 is 0 Å². The molecule has 3 heterocycles. The second kappa shape index (κ2) is 8.19. The standard InChI is InChI=1S/C24H32N6/c1-6-17-14-15-29(16-18(17)7-2)22(23-26-27-28-30(23)24(3,4)5)21-13-12-19-10-8-9-11-20(19)25-21/h6-8,10,13,22,25H,1-2,9,11-12,14-16H2,3-5H3. The zero-order valence-corrected chi connectivity index (χ0v) is 18.4. The SMILES string of the molecule is C=CC1=C(C=C)CN(C(C2=CCC3=C(CCC=C3)N2)c2nnnn2C(C)(C)C)CC1. The van der Waals surface area contributed by atoms with E-state index in [2.05, 4.69) is 77.9 Å². The molecule has 158 valence electrons. The lowest BCUT2D eigenvalue weighted by molar-refractivity contribution is 0.204. The van der Waals surface area contributed by atoms with Crippen LogP contribution in [0.5, 0.6) is 0 Å². The largest absolute Gasteiger partial charge is 0.361 e. The van der Waals surface area contributed by atoms with E-state index >= 15 is 0 Å². The number of tetrazole rings is 1. The highest BCUT2D eigenvalue weighted by molar-refractivity contribution is 5.40. The van der Waals surface area contributed by atoms with E-state index in [-0.39, 0.29) is 11.6 Å². The van der Waals surface area contributed by atoms with Gasteiger partial charge in [-0.25, -0.2) is 4.68 Å². The maximum Gasteiger partial charge on any atom is 0.175 e. The van der Waals surface area contributed by atoms with Crippen molar-refractivity contribution in [2.75, 3.05) is 13.1 Å². The van der Waals surface area contributed by atoms with Gasteiger partial charge in [-0.05, 0) is 73.6 Å². The molecular formula is C24H32N6. The Kier molecular flexibility index (Phi) is 5.60. The summed E-state index contributed by atoms with van der Waals surface area (Å²) in [6, 6.07) is -0.0412. The van der Waals surface area contributed by atoms with Gasteiger partial charge in [-0.15, -0.1) is 5.10 Å². The van der Waals surface area contributed by atoms with Crippen LogP contribution in [-0.2, 0) is 5.54 Å². The molecule has 1 unspecified atom stereocenters. The summed E-state index contributed by atoms with van der Waals surface area (Å²) < 4.78 is 1.96. The molecule has 1 aromatic rings. The highest BCUT2D eigenvalue weighted by Gasteiger charge is 2.35. The van der Waals surface area contributed by atoms with Crippen molar-refractivity contribution in [1.29, 1.82) is 0 Å². The van der Waals surface area contributed by atoms with Gasteiger partial charge in [-0.3, -0.25) is 4.90 Å². The van der Waals surface area contributed by atoms with E-state index in [0.29, 0.717) is 0 Å². The number of dihydropyridines is 1. The van der Waals surface area contributed by atoms with Gasteiger partial charge >= 0.3 is 0 Å². The number of nitrogens with one attached hydrogen (secondary N) is 1. The van der Waals surface area contributed by atoms with Crippen LogP contribution in [0.15, 0.2) is 71.7 Å². The van der Waals surface area contributed by atoms with E-state index in [4.69, 9.17) is 0 Å². The van der Waals surface area contributed by atoms with Gasteiger partial charge in [0.05, 0.1) is 5.54 Å². The molecule has 1 aromatic heterocycles. The van der Waals surface area contributed by atoms with Gasteiger partial charge < -0.3 is 5.32 Å². The first kappa shape index (κ1) is 20.5. The number of hydrogen-bond acceptors (Lipinski definition) is 5. The van der Waals surface area contributed by atoms with Crippen LogP contribution in [0.4, 0.5) is 0 Å². The summed E-state index contributed by atoms with van der Waals surface area (Å²) in [4.78, 5) is 2.46. The minimum absolute atomic E-state index is 0.0412. The van der Waals surface area contributed by atoms with Gasteiger partial charge in [0.2, 0.25) is 0 Å². The molecule has 2 aliphatic heterocycles. The van der Waals surface area contributed by atoms with Crippen molar-refractivity contribution < 1.29 is 0 Å². The Balaban J connectivity index is 1.74. The molecule has 0 spiro atoms. The number of hydrogen-bond donors (Lipinski definition) is 1. The van der Waals surface area contributed by atoms with Crippen molar-refractivity contribution in [3.8, 4) is 0 Å². The predicted molar refractivity (Wildman–Crippen MR) is 120 cm³/mol. The molecule has 1 aliphatic carbocycles. The normalized spacial score (nSPS) is 21.1. The second-order valence-corrected chi connectivity index (χ2v) is 9.13. The second-order valence-electron chi connectivity index (χ2n) is 9.13. The molecule has 1 atom stereocenters. The van der Waals surface area contributed by atoms with Crippen molar-refractivity contribution in [2.45, 2.75) is 58.0 Å². The third kappa shape index (κ3) is 3.84. The van der Waals surface area contributed by atoms with Crippen LogP contribution < -0.4 is 5.32 Å². The van der Waals surface area contributed by atoms with Crippen molar-refractivity contribution in [1.82, 2.24) is 30.4 Å². The molecule has 1 N–H and O–H groups in total. The van der Waals surface area contributed by atoms with Gasteiger partial charge in [0.15, 0.2) is 5.82 Å². The number of rotatable bonds is 5. The van der Waals surface area contributed by atoms with E-state index in [1.807, 2.05) is 16.8 Å².